The van der Waals surface area contributed by atoms with Crippen molar-refractivity contribution in [3.8, 4) is 0 Å². The van der Waals surface area contributed by atoms with Gasteiger partial charge in [-0.3, -0.25) is 4.68 Å². The fourth-order valence-electron chi connectivity index (χ4n) is 1.77. The fraction of sp³-hybridized carbons (Fsp3) is 0.417. The van der Waals surface area contributed by atoms with Crippen molar-refractivity contribution in [1.82, 2.24) is 15.1 Å². The summed E-state index contributed by atoms with van der Waals surface area (Å²) < 4.78 is 1.85. The summed E-state index contributed by atoms with van der Waals surface area (Å²) in [6.45, 7) is 2.14. The van der Waals surface area contributed by atoms with E-state index >= 15 is 0 Å². The number of nitrogens with one attached hydrogen (secondary N) is 1. The summed E-state index contributed by atoms with van der Waals surface area (Å²) >= 11 is 1.85. The number of rotatable bonds is 4. The van der Waals surface area contributed by atoms with Gasteiger partial charge in [0.05, 0.1) is 5.69 Å². The molecule has 0 spiro atoms. The highest BCUT2D eigenvalue weighted by Crippen LogP contribution is 2.24. The highest BCUT2D eigenvalue weighted by atomic mass is 32.1. The second-order valence-electron chi connectivity index (χ2n) is 3.97. The third-order valence-corrected chi connectivity index (χ3v) is 3.75. The van der Waals surface area contributed by atoms with E-state index in [0.717, 1.165) is 12.1 Å². The van der Waals surface area contributed by atoms with Crippen LogP contribution in [0.2, 0.25) is 0 Å². The Morgan fingerprint density at radius 1 is 1.44 bits per heavy atom. The zero-order chi connectivity index (χ0) is 11.5. The van der Waals surface area contributed by atoms with Gasteiger partial charge in [-0.1, -0.05) is 0 Å². The molecule has 1 N–H and O–H groups in total. The third-order valence-electron chi connectivity index (χ3n) is 2.64. The Morgan fingerprint density at radius 2 is 2.25 bits per heavy atom. The van der Waals surface area contributed by atoms with Crippen molar-refractivity contribution in [3.63, 3.8) is 0 Å². The molecule has 2 aromatic heterocycles. The molecule has 16 heavy (non-hydrogen) atoms. The Labute approximate surface area is 100 Å². The van der Waals surface area contributed by atoms with Crippen molar-refractivity contribution in [3.05, 3.63) is 39.8 Å². The summed E-state index contributed by atoms with van der Waals surface area (Å²) in [7, 11) is 3.95. The molecule has 0 bridgehead atoms. The van der Waals surface area contributed by atoms with Crippen molar-refractivity contribution >= 4 is 11.3 Å². The number of likely N-dealkylation sites (N-methyl/N-ethyl adjacent to an activating group) is 1. The van der Waals surface area contributed by atoms with E-state index in [-0.39, 0.29) is 0 Å². The van der Waals surface area contributed by atoms with Crippen molar-refractivity contribution < 1.29 is 0 Å². The van der Waals surface area contributed by atoms with Crippen LogP contribution in [0.3, 0.4) is 0 Å². The maximum Gasteiger partial charge on any atom is 0.0643 e. The van der Waals surface area contributed by atoms with Crippen LogP contribution in [0.15, 0.2) is 24.4 Å². The van der Waals surface area contributed by atoms with Gasteiger partial charge in [0.15, 0.2) is 0 Å². The van der Waals surface area contributed by atoms with Crippen molar-refractivity contribution in [1.29, 1.82) is 0 Å². The fourth-order valence-corrected chi connectivity index (χ4v) is 2.75. The van der Waals surface area contributed by atoms with Gasteiger partial charge >= 0.3 is 0 Å². The predicted octanol–water partition coefficient (Wildman–Crippen LogP) is 2.29. The topological polar surface area (TPSA) is 29.9 Å². The van der Waals surface area contributed by atoms with Crippen molar-refractivity contribution in [2.45, 2.75) is 19.4 Å². The van der Waals surface area contributed by atoms with E-state index in [0.29, 0.717) is 6.04 Å². The Hall–Kier alpha value is -1.13. The van der Waals surface area contributed by atoms with E-state index in [1.54, 1.807) is 0 Å². The van der Waals surface area contributed by atoms with Crippen LogP contribution in [-0.2, 0) is 13.5 Å². The predicted molar refractivity (Wildman–Crippen MR) is 67.8 cm³/mol. The summed E-state index contributed by atoms with van der Waals surface area (Å²) in [5, 5.41) is 7.76. The molecule has 2 heterocycles. The quantitative estimate of drug-likeness (QED) is 0.881. The number of thiophene rings is 1. The first kappa shape index (κ1) is 11.4. The first-order valence-corrected chi connectivity index (χ1v) is 6.23. The number of hydrogen-bond donors (Lipinski definition) is 1. The van der Waals surface area contributed by atoms with Gasteiger partial charge in [-0.15, -0.1) is 11.3 Å². The summed E-state index contributed by atoms with van der Waals surface area (Å²) in [6, 6.07) is 6.81. The lowest BCUT2D eigenvalue weighted by Crippen LogP contribution is -2.18. The van der Waals surface area contributed by atoms with Crippen LogP contribution < -0.4 is 5.32 Å². The van der Waals surface area contributed by atoms with E-state index < -0.39 is 0 Å². The molecule has 2 rings (SSSR count). The monoisotopic (exact) mass is 235 g/mol. The lowest BCUT2D eigenvalue weighted by Gasteiger charge is -2.12. The van der Waals surface area contributed by atoms with E-state index in [4.69, 9.17) is 0 Å². The van der Waals surface area contributed by atoms with Gasteiger partial charge in [-0.25, -0.2) is 0 Å². The van der Waals surface area contributed by atoms with E-state index in [1.165, 1.54) is 9.75 Å². The van der Waals surface area contributed by atoms with Crippen LogP contribution >= 0.6 is 11.3 Å². The van der Waals surface area contributed by atoms with Crippen LogP contribution in [0, 0.1) is 6.92 Å². The second-order valence-corrected chi connectivity index (χ2v) is 5.29. The minimum atomic E-state index is 0.369. The molecule has 0 saturated carbocycles. The molecular weight excluding hydrogens is 218 g/mol. The van der Waals surface area contributed by atoms with Gasteiger partial charge < -0.3 is 5.32 Å². The van der Waals surface area contributed by atoms with Crippen molar-refractivity contribution in [2.75, 3.05) is 7.05 Å². The van der Waals surface area contributed by atoms with Crippen molar-refractivity contribution in [2.24, 2.45) is 7.05 Å². The van der Waals surface area contributed by atoms with Crippen LogP contribution in [0.5, 0.6) is 0 Å². The zero-order valence-corrected chi connectivity index (χ0v) is 10.7. The number of aryl methyl sites for hydroxylation is 2. The smallest absolute Gasteiger partial charge is 0.0643 e. The summed E-state index contributed by atoms with van der Waals surface area (Å²) in [6.07, 6.45) is 2.93. The van der Waals surface area contributed by atoms with Gasteiger partial charge in [-0.2, -0.15) is 5.10 Å². The molecule has 1 atom stereocenters. The highest BCUT2D eigenvalue weighted by Gasteiger charge is 2.13. The molecule has 0 aliphatic rings. The maximum atomic E-state index is 4.41. The van der Waals surface area contributed by atoms with Gasteiger partial charge in [0.2, 0.25) is 0 Å². The summed E-state index contributed by atoms with van der Waals surface area (Å²) in [5.41, 5.74) is 1.13. The van der Waals surface area contributed by atoms with E-state index in [1.807, 2.05) is 36.3 Å². The summed E-state index contributed by atoms with van der Waals surface area (Å²) in [4.78, 5) is 2.74. The number of hydrogen-bond acceptors (Lipinski definition) is 3. The largest absolute Gasteiger partial charge is 0.312 e. The lowest BCUT2D eigenvalue weighted by atomic mass is 10.1. The van der Waals surface area contributed by atoms with Crippen LogP contribution in [0.1, 0.15) is 21.5 Å². The molecule has 0 saturated heterocycles. The first-order chi connectivity index (χ1) is 7.69. The van der Waals surface area contributed by atoms with E-state index in [2.05, 4.69) is 35.5 Å². The Balaban J connectivity index is 2.12. The van der Waals surface area contributed by atoms with Crippen LogP contribution in [0.4, 0.5) is 0 Å². The molecule has 1 unspecified atom stereocenters. The maximum absolute atomic E-state index is 4.41. The molecule has 2 aromatic rings. The SMILES string of the molecule is CNC(Cc1ccn(C)n1)c1ccc(C)s1. The minimum Gasteiger partial charge on any atom is -0.312 e. The van der Waals surface area contributed by atoms with Gasteiger partial charge in [0.25, 0.3) is 0 Å². The van der Waals surface area contributed by atoms with E-state index in [9.17, 15) is 0 Å². The molecule has 3 nitrogen and oxygen atoms in total. The molecule has 0 aliphatic heterocycles. The van der Waals surface area contributed by atoms with Gasteiger partial charge in [-0.05, 0) is 32.2 Å². The minimum absolute atomic E-state index is 0.369. The number of nitrogens with zero attached hydrogens (tertiary/aromatic N) is 2. The lowest BCUT2D eigenvalue weighted by molar-refractivity contribution is 0.586. The highest BCUT2D eigenvalue weighted by molar-refractivity contribution is 7.12. The first-order valence-electron chi connectivity index (χ1n) is 5.41. The summed E-state index contributed by atoms with van der Waals surface area (Å²) in [5.74, 6) is 0. The molecular formula is C12H17N3S. The normalized spacial score (nSPS) is 12.9. The second kappa shape index (κ2) is 4.80. The van der Waals surface area contributed by atoms with Gasteiger partial charge in [0.1, 0.15) is 0 Å². The average molecular weight is 235 g/mol. The Kier molecular flexibility index (Phi) is 3.41. The van der Waals surface area contributed by atoms with Crippen LogP contribution in [0.25, 0.3) is 0 Å². The molecule has 0 amide bonds. The molecule has 4 heteroatoms. The number of aromatic nitrogens is 2. The van der Waals surface area contributed by atoms with Gasteiger partial charge in [0, 0.05) is 35.5 Å². The molecule has 0 aromatic carbocycles. The standard InChI is InChI=1S/C12H17N3S/c1-9-4-5-12(16-9)11(13-2)8-10-6-7-15(3)14-10/h4-7,11,13H,8H2,1-3H3. The molecule has 0 fully saturated rings. The Morgan fingerprint density at radius 3 is 2.75 bits per heavy atom. The Bertz CT molecular complexity index is 458. The molecule has 0 radical (unpaired) electrons. The van der Waals surface area contributed by atoms with Crippen LogP contribution in [-0.4, -0.2) is 16.8 Å². The average Bonchev–Trinajstić information content (AvgIpc) is 2.84. The molecule has 86 valence electrons. The molecule has 0 aliphatic carbocycles. The zero-order valence-electron chi connectivity index (χ0n) is 9.90. The third kappa shape index (κ3) is 2.51.